The Bertz CT molecular complexity index is 818. The van der Waals surface area contributed by atoms with Crippen LogP contribution in [0.5, 0.6) is 5.75 Å². The summed E-state index contributed by atoms with van der Waals surface area (Å²) in [6.07, 6.45) is 2.58. The Hall–Kier alpha value is -2.73. The van der Waals surface area contributed by atoms with E-state index in [4.69, 9.17) is 4.74 Å². The van der Waals surface area contributed by atoms with Crippen molar-refractivity contribution in [3.63, 3.8) is 0 Å². The standard InChI is InChI=1S/C18H20N4O2/c1-12-4-3-5-13(2)17(12)24-11-14(23)10-21-16-7-6-15-18(22-16)20-9-8-19-15/h3-9,14,23H,10-11H2,1-2H3,(H,20,21,22)/t14-/m1/s1. The van der Waals surface area contributed by atoms with E-state index in [0.717, 1.165) is 22.4 Å². The third-order valence-electron chi connectivity index (χ3n) is 3.68. The molecular formula is C18H20N4O2. The zero-order valence-electron chi connectivity index (χ0n) is 13.7. The van der Waals surface area contributed by atoms with Crippen molar-refractivity contribution in [3.8, 4) is 5.75 Å². The fourth-order valence-electron chi connectivity index (χ4n) is 2.44. The monoisotopic (exact) mass is 324 g/mol. The molecule has 6 heteroatoms. The molecule has 6 nitrogen and oxygen atoms in total. The molecule has 0 radical (unpaired) electrons. The van der Waals surface area contributed by atoms with Crippen molar-refractivity contribution in [2.75, 3.05) is 18.5 Å². The molecule has 3 rings (SSSR count). The van der Waals surface area contributed by atoms with Crippen LogP contribution in [-0.4, -0.2) is 39.3 Å². The van der Waals surface area contributed by atoms with E-state index >= 15 is 0 Å². The van der Waals surface area contributed by atoms with Gasteiger partial charge in [0.2, 0.25) is 0 Å². The van der Waals surface area contributed by atoms with Gasteiger partial charge in [-0.1, -0.05) is 18.2 Å². The number of pyridine rings is 1. The quantitative estimate of drug-likeness (QED) is 0.725. The third kappa shape index (κ3) is 3.78. The van der Waals surface area contributed by atoms with E-state index in [0.29, 0.717) is 18.0 Å². The molecule has 2 aromatic heterocycles. The predicted octanol–water partition coefficient (Wildman–Crippen LogP) is 2.49. The molecular weight excluding hydrogens is 304 g/mol. The number of nitrogens with one attached hydrogen (secondary N) is 1. The Balaban J connectivity index is 1.56. The first-order valence-electron chi connectivity index (χ1n) is 7.82. The van der Waals surface area contributed by atoms with Gasteiger partial charge in [-0.15, -0.1) is 0 Å². The van der Waals surface area contributed by atoms with Crippen LogP contribution >= 0.6 is 0 Å². The van der Waals surface area contributed by atoms with Crippen molar-refractivity contribution in [2.45, 2.75) is 20.0 Å². The summed E-state index contributed by atoms with van der Waals surface area (Å²) in [5.41, 5.74) is 3.43. The summed E-state index contributed by atoms with van der Waals surface area (Å²) in [4.78, 5) is 12.7. The van der Waals surface area contributed by atoms with Crippen LogP contribution in [-0.2, 0) is 0 Å². The van der Waals surface area contributed by atoms with Crippen LogP contribution in [0.4, 0.5) is 5.82 Å². The lowest BCUT2D eigenvalue weighted by Crippen LogP contribution is -2.27. The number of fused-ring (bicyclic) bond motifs is 1. The van der Waals surface area contributed by atoms with Gasteiger partial charge in [0.05, 0.1) is 0 Å². The summed E-state index contributed by atoms with van der Waals surface area (Å²) in [5, 5.41) is 13.2. The number of hydrogen-bond acceptors (Lipinski definition) is 6. The molecule has 0 bridgehead atoms. The zero-order chi connectivity index (χ0) is 16.9. The largest absolute Gasteiger partial charge is 0.490 e. The summed E-state index contributed by atoms with van der Waals surface area (Å²) in [6, 6.07) is 9.64. The van der Waals surface area contributed by atoms with Crippen LogP contribution in [0, 0.1) is 13.8 Å². The topological polar surface area (TPSA) is 80.2 Å². The van der Waals surface area contributed by atoms with E-state index in [1.165, 1.54) is 0 Å². The number of hydrogen-bond donors (Lipinski definition) is 2. The maximum atomic E-state index is 10.1. The number of aromatic nitrogens is 3. The van der Waals surface area contributed by atoms with E-state index in [9.17, 15) is 5.11 Å². The number of aliphatic hydroxyl groups is 1. The molecule has 1 atom stereocenters. The summed E-state index contributed by atoms with van der Waals surface area (Å²) in [6.45, 7) is 4.54. The molecule has 3 aromatic rings. The van der Waals surface area contributed by atoms with Crippen molar-refractivity contribution in [2.24, 2.45) is 0 Å². The van der Waals surface area contributed by atoms with Crippen molar-refractivity contribution < 1.29 is 9.84 Å². The van der Waals surface area contributed by atoms with Crippen LogP contribution in [0.15, 0.2) is 42.7 Å². The van der Waals surface area contributed by atoms with Crippen molar-refractivity contribution in [3.05, 3.63) is 53.9 Å². The van der Waals surface area contributed by atoms with Crippen LogP contribution in [0.2, 0.25) is 0 Å². The number of benzene rings is 1. The highest BCUT2D eigenvalue weighted by Gasteiger charge is 2.09. The second-order valence-electron chi connectivity index (χ2n) is 5.66. The number of rotatable bonds is 6. The molecule has 0 unspecified atom stereocenters. The van der Waals surface area contributed by atoms with Gasteiger partial charge in [0.1, 0.15) is 29.8 Å². The Morgan fingerprint density at radius 3 is 2.62 bits per heavy atom. The zero-order valence-corrected chi connectivity index (χ0v) is 13.7. The van der Waals surface area contributed by atoms with Crippen molar-refractivity contribution in [1.29, 1.82) is 0 Å². The number of aliphatic hydroxyl groups excluding tert-OH is 1. The highest BCUT2D eigenvalue weighted by Crippen LogP contribution is 2.22. The highest BCUT2D eigenvalue weighted by atomic mass is 16.5. The molecule has 0 saturated heterocycles. The molecule has 0 aliphatic heterocycles. The van der Waals surface area contributed by atoms with Crippen LogP contribution < -0.4 is 10.1 Å². The van der Waals surface area contributed by atoms with Gasteiger partial charge in [0, 0.05) is 18.9 Å². The maximum absolute atomic E-state index is 10.1. The Kier molecular flexibility index (Phi) is 4.86. The molecule has 0 fully saturated rings. The molecule has 0 aliphatic rings. The summed E-state index contributed by atoms with van der Waals surface area (Å²) in [7, 11) is 0. The SMILES string of the molecule is Cc1cccc(C)c1OC[C@H](O)CNc1ccc2nccnc2n1. The van der Waals surface area contributed by atoms with Crippen LogP contribution in [0.3, 0.4) is 0 Å². The molecule has 124 valence electrons. The van der Waals surface area contributed by atoms with Crippen molar-refractivity contribution >= 4 is 17.0 Å². The summed E-state index contributed by atoms with van der Waals surface area (Å²) < 4.78 is 5.76. The van der Waals surface area contributed by atoms with E-state index in [2.05, 4.69) is 20.3 Å². The molecule has 0 aliphatic carbocycles. The molecule has 0 spiro atoms. The number of aryl methyl sites for hydroxylation is 2. The minimum Gasteiger partial charge on any atom is -0.490 e. The number of ether oxygens (including phenoxy) is 1. The van der Waals surface area contributed by atoms with Gasteiger partial charge in [-0.05, 0) is 37.1 Å². The first-order valence-corrected chi connectivity index (χ1v) is 7.82. The smallest absolute Gasteiger partial charge is 0.180 e. The third-order valence-corrected chi connectivity index (χ3v) is 3.68. The molecule has 1 aromatic carbocycles. The normalized spacial score (nSPS) is 12.1. The molecule has 2 heterocycles. The predicted molar refractivity (Wildman–Crippen MR) is 93.2 cm³/mol. The van der Waals surface area contributed by atoms with E-state index < -0.39 is 6.10 Å². The average Bonchev–Trinajstić information content (AvgIpc) is 2.59. The fraction of sp³-hybridized carbons (Fsp3) is 0.278. The lowest BCUT2D eigenvalue weighted by Gasteiger charge is -2.16. The lowest BCUT2D eigenvalue weighted by molar-refractivity contribution is 0.116. The number of para-hydroxylation sites is 1. The van der Waals surface area contributed by atoms with Gasteiger partial charge in [0.15, 0.2) is 5.65 Å². The van der Waals surface area contributed by atoms with Gasteiger partial charge < -0.3 is 15.2 Å². The Morgan fingerprint density at radius 1 is 1.08 bits per heavy atom. The van der Waals surface area contributed by atoms with Gasteiger partial charge in [-0.25, -0.2) is 9.97 Å². The second-order valence-corrected chi connectivity index (χ2v) is 5.66. The Labute approximate surface area is 140 Å². The molecule has 0 amide bonds. The first-order chi connectivity index (χ1) is 11.6. The minimum atomic E-state index is -0.650. The Morgan fingerprint density at radius 2 is 1.83 bits per heavy atom. The van der Waals surface area contributed by atoms with Gasteiger partial charge in [-0.2, -0.15) is 0 Å². The lowest BCUT2D eigenvalue weighted by atomic mass is 10.1. The molecule has 24 heavy (non-hydrogen) atoms. The number of anilines is 1. The molecule has 2 N–H and O–H groups in total. The fourth-order valence-corrected chi connectivity index (χ4v) is 2.44. The first kappa shape index (κ1) is 16.1. The van der Waals surface area contributed by atoms with Crippen molar-refractivity contribution in [1.82, 2.24) is 15.0 Å². The van der Waals surface area contributed by atoms with Crippen LogP contribution in [0.1, 0.15) is 11.1 Å². The summed E-state index contributed by atoms with van der Waals surface area (Å²) >= 11 is 0. The number of nitrogens with zero attached hydrogens (tertiary/aromatic N) is 3. The summed E-state index contributed by atoms with van der Waals surface area (Å²) in [5.74, 6) is 1.48. The average molecular weight is 324 g/mol. The van der Waals surface area contributed by atoms with Gasteiger partial charge >= 0.3 is 0 Å². The highest BCUT2D eigenvalue weighted by molar-refractivity contribution is 5.71. The van der Waals surface area contributed by atoms with Gasteiger partial charge in [-0.3, -0.25) is 4.98 Å². The second kappa shape index (κ2) is 7.23. The van der Waals surface area contributed by atoms with E-state index in [-0.39, 0.29) is 6.61 Å². The maximum Gasteiger partial charge on any atom is 0.180 e. The van der Waals surface area contributed by atoms with E-state index in [1.54, 1.807) is 12.4 Å². The van der Waals surface area contributed by atoms with Crippen LogP contribution in [0.25, 0.3) is 11.2 Å². The molecule has 0 saturated carbocycles. The minimum absolute atomic E-state index is 0.214. The van der Waals surface area contributed by atoms with Gasteiger partial charge in [0.25, 0.3) is 0 Å². The van der Waals surface area contributed by atoms with E-state index in [1.807, 2.05) is 44.2 Å².